The number of aromatic nitrogens is 2. The number of para-hydroxylation sites is 1. The zero-order valence-corrected chi connectivity index (χ0v) is 22.9. The summed E-state index contributed by atoms with van der Waals surface area (Å²) in [6.45, 7) is 12.9. The predicted molar refractivity (Wildman–Crippen MR) is 148 cm³/mol. The van der Waals surface area contributed by atoms with E-state index in [1.807, 2.05) is 23.1 Å². The number of urea groups is 1. The number of benzene rings is 2. The van der Waals surface area contributed by atoms with Crippen molar-refractivity contribution in [2.24, 2.45) is 0 Å². The van der Waals surface area contributed by atoms with Crippen LogP contribution in [0.3, 0.4) is 0 Å². The molecule has 1 atom stereocenters. The standard InChI is InChI=1S/C28H37N5O2S/c1-18(2)23-11-8-12-24(19(3)4)26(23)30-27(34)33-14-13-32(17-20(33)5)28-29-25(31-36-28)16-21-9-7-10-22(15-21)35-6/h7-12,15,18-20H,13-14,16-17H2,1-6H3,(H,30,34). The number of ether oxygens (including phenoxy) is 1. The number of nitrogens with zero attached hydrogens (tertiary/aromatic N) is 4. The van der Waals surface area contributed by atoms with Crippen molar-refractivity contribution >= 4 is 28.4 Å². The van der Waals surface area contributed by atoms with E-state index in [2.05, 4.69) is 73.5 Å². The lowest BCUT2D eigenvalue weighted by molar-refractivity contribution is 0.185. The fourth-order valence-corrected chi connectivity index (χ4v) is 5.44. The summed E-state index contributed by atoms with van der Waals surface area (Å²) in [6, 6.07) is 14.3. The molecular weight excluding hydrogens is 470 g/mol. The van der Waals surface area contributed by atoms with Gasteiger partial charge in [-0.25, -0.2) is 9.78 Å². The molecule has 2 aromatic carbocycles. The molecule has 8 heteroatoms. The van der Waals surface area contributed by atoms with E-state index in [4.69, 9.17) is 9.72 Å². The van der Waals surface area contributed by atoms with Crippen molar-refractivity contribution in [2.75, 3.05) is 37.0 Å². The second kappa shape index (κ2) is 11.3. The van der Waals surface area contributed by atoms with Crippen molar-refractivity contribution in [3.8, 4) is 5.75 Å². The van der Waals surface area contributed by atoms with Crippen molar-refractivity contribution < 1.29 is 9.53 Å². The largest absolute Gasteiger partial charge is 0.497 e. The van der Waals surface area contributed by atoms with Crippen LogP contribution >= 0.6 is 11.5 Å². The topological polar surface area (TPSA) is 70.6 Å². The highest BCUT2D eigenvalue weighted by atomic mass is 32.1. The summed E-state index contributed by atoms with van der Waals surface area (Å²) in [5.41, 5.74) is 4.45. The summed E-state index contributed by atoms with van der Waals surface area (Å²) in [5, 5.41) is 4.18. The van der Waals surface area contributed by atoms with Gasteiger partial charge in [0, 0.05) is 49.3 Å². The van der Waals surface area contributed by atoms with Crippen LogP contribution in [0.25, 0.3) is 0 Å². The highest BCUT2D eigenvalue weighted by Crippen LogP contribution is 2.33. The summed E-state index contributed by atoms with van der Waals surface area (Å²) < 4.78 is 9.91. The Bertz CT molecular complexity index is 1170. The van der Waals surface area contributed by atoms with E-state index in [1.54, 1.807) is 7.11 Å². The molecule has 0 aliphatic carbocycles. The molecule has 7 nitrogen and oxygen atoms in total. The number of amides is 2. The lowest BCUT2D eigenvalue weighted by Crippen LogP contribution is -2.55. The first-order valence-electron chi connectivity index (χ1n) is 12.7. The van der Waals surface area contributed by atoms with Gasteiger partial charge in [-0.2, -0.15) is 4.37 Å². The summed E-state index contributed by atoms with van der Waals surface area (Å²) in [4.78, 5) is 22.4. The maximum atomic E-state index is 13.4. The van der Waals surface area contributed by atoms with Crippen LogP contribution in [-0.2, 0) is 6.42 Å². The Morgan fingerprint density at radius 3 is 2.44 bits per heavy atom. The van der Waals surface area contributed by atoms with Gasteiger partial charge >= 0.3 is 6.03 Å². The Balaban J connectivity index is 1.41. The summed E-state index contributed by atoms with van der Waals surface area (Å²) in [5.74, 6) is 2.30. The number of piperazine rings is 1. The van der Waals surface area contributed by atoms with E-state index in [1.165, 1.54) is 22.7 Å². The lowest BCUT2D eigenvalue weighted by atomic mass is 9.92. The quantitative estimate of drug-likeness (QED) is 0.417. The van der Waals surface area contributed by atoms with Crippen LogP contribution in [0.2, 0.25) is 0 Å². The Morgan fingerprint density at radius 1 is 1.11 bits per heavy atom. The minimum Gasteiger partial charge on any atom is -0.497 e. The van der Waals surface area contributed by atoms with Gasteiger partial charge in [-0.3, -0.25) is 0 Å². The van der Waals surface area contributed by atoms with Crippen LogP contribution in [0.5, 0.6) is 5.75 Å². The van der Waals surface area contributed by atoms with E-state index < -0.39 is 0 Å². The maximum absolute atomic E-state index is 13.4. The number of hydrogen-bond acceptors (Lipinski definition) is 6. The number of anilines is 2. The van der Waals surface area contributed by atoms with Crippen molar-refractivity contribution in [3.05, 3.63) is 65.0 Å². The molecule has 4 rings (SSSR count). The molecule has 1 aromatic heterocycles. The fourth-order valence-electron chi connectivity index (χ4n) is 4.72. The molecule has 1 aliphatic rings. The summed E-state index contributed by atoms with van der Waals surface area (Å²) >= 11 is 1.42. The number of carbonyl (C=O) groups excluding carboxylic acids is 1. The van der Waals surface area contributed by atoms with Crippen molar-refractivity contribution in [3.63, 3.8) is 0 Å². The van der Waals surface area contributed by atoms with Crippen LogP contribution in [0, 0.1) is 0 Å². The molecule has 36 heavy (non-hydrogen) atoms. The van der Waals surface area contributed by atoms with Gasteiger partial charge in [0.2, 0.25) is 5.13 Å². The minimum absolute atomic E-state index is 0.0341. The van der Waals surface area contributed by atoms with Gasteiger partial charge in [-0.05, 0) is 47.6 Å². The van der Waals surface area contributed by atoms with E-state index in [9.17, 15) is 4.79 Å². The highest BCUT2D eigenvalue weighted by molar-refractivity contribution is 7.09. The number of rotatable bonds is 7. The molecular formula is C28H37N5O2S. The molecule has 1 N–H and O–H groups in total. The highest BCUT2D eigenvalue weighted by Gasteiger charge is 2.30. The molecule has 0 saturated carbocycles. The third-order valence-corrected chi connectivity index (χ3v) is 7.53. The molecule has 3 aromatic rings. The third kappa shape index (κ3) is 5.81. The van der Waals surface area contributed by atoms with Crippen LogP contribution in [0.15, 0.2) is 42.5 Å². The molecule has 1 unspecified atom stereocenters. The maximum Gasteiger partial charge on any atom is 0.322 e. The Morgan fingerprint density at radius 2 is 1.81 bits per heavy atom. The zero-order valence-electron chi connectivity index (χ0n) is 22.1. The number of hydrogen-bond donors (Lipinski definition) is 1. The van der Waals surface area contributed by atoms with E-state index in [0.717, 1.165) is 41.0 Å². The fraction of sp³-hybridized carbons (Fsp3) is 0.464. The third-order valence-electron chi connectivity index (χ3n) is 6.72. The normalized spacial score (nSPS) is 16.1. The number of carbonyl (C=O) groups is 1. The smallest absolute Gasteiger partial charge is 0.322 e. The van der Waals surface area contributed by atoms with E-state index >= 15 is 0 Å². The number of nitrogens with one attached hydrogen (secondary N) is 1. The summed E-state index contributed by atoms with van der Waals surface area (Å²) in [7, 11) is 1.67. The van der Waals surface area contributed by atoms with Gasteiger partial charge < -0.3 is 19.9 Å². The average Bonchev–Trinajstić information content (AvgIpc) is 3.32. The van der Waals surface area contributed by atoms with Gasteiger partial charge in [-0.1, -0.05) is 58.0 Å². The molecule has 2 heterocycles. The first-order valence-corrected chi connectivity index (χ1v) is 13.4. The zero-order chi connectivity index (χ0) is 25.8. The van der Waals surface area contributed by atoms with E-state index in [0.29, 0.717) is 24.8 Å². The van der Waals surface area contributed by atoms with Crippen molar-refractivity contribution in [2.45, 2.75) is 58.9 Å². The van der Waals surface area contributed by atoms with Gasteiger partial charge in [0.05, 0.1) is 7.11 Å². The van der Waals surface area contributed by atoms with Gasteiger partial charge in [0.25, 0.3) is 0 Å². The Hall–Kier alpha value is -3.13. The van der Waals surface area contributed by atoms with Gasteiger partial charge in [0.15, 0.2) is 0 Å². The molecule has 2 amide bonds. The molecule has 192 valence electrons. The van der Waals surface area contributed by atoms with Crippen LogP contribution in [0.4, 0.5) is 15.6 Å². The second-order valence-electron chi connectivity index (χ2n) is 10.1. The average molecular weight is 508 g/mol. The first-order chi connectivity index (χ1) is 17.3. The van der Waals surface area contributed by atoms with Gasteiger partial charge in [-0.15, -0.1) is 0 Å². The SMILES string of the molecule is COc1cccc(Cc2nsc(N3CCN(C(=O)Nc4c(C(C)C)cccc4C(C)C)C(C)C3)n2)c1. The van der Waals surface area contributed by atoms with Gasteiger partial charge in [0.1, 0.15) is 11.6 Å². The molecule has 1 saturated heterocycles. The molecule has 0 bridgehead atoms. The van der Waals surface area contributed by atoms with Crippen molar-refractivity contribution in [1.29, 1.82) is 0 Å². The summed E-state index contributed by atoms with van der Waals surface area (Å²) in [6.07, 6.45) is 0.666. The van der Waals surface area contributed by atoms with Crippen LogP contribution in [0.1, 0.15) is 69.0 Å². The second-order valence-corrected chi connectivity index (χ2v) is 10.8. The molecule has 0 radical (unpaired) electrons. The Kier molecular flexibility index (Phi) is 8.14. The first kappa shape index (κ1) is 25.9. The van der Waals surface area contributed by atoms with E-state index in [-0.39, 0.29) is 12.1 Å². The minimum atomic E-state index is -0.0341. The molecule has 1 fully saturated rings. The van der Waals surface area contributed by atoms with Crippen LogP contribution in [-0.4, -0.2) is 53.1 Å². The Labute approximate surface area is 218 Å². The monoisotopic (exact) mass is 507 g/mol. The predicted octanol–water partition coefficient (Wildman–Crippen LogP) is 6.13. The van der Waals surface area contributed by atoms with Crippen molar-refractivity contribution in [1.82, 2.24) is 14.3 Å². The number of methoxy groups -OCH3 is 1. The lowest BCUT2D eigenvalue weighted by Gasteiger charge is -2.39. The molecule has 1 aliphatic heterocycles. The molecule has 0 spiro atoms. The van der Waals surface area contributed by atoms with Crippen LogP contribution < -0.4 is 15.0 Å².